The average Bonchev–Trinajstić information content (AvgIpc) is 2.94. The second-order valence-corrected chi connectivity index (χ2v) is 14.3. The molecule has 0 spiro atoms. The van der Waals surface area contributed by atoms with Crippen LogP contribution in [0.5, 0.6) is 0 Å². The molecule has 0 heterocycles. The van der Waals surface area contributed by atoms with E-state index in [-0.39, 0.29) is 69.3 Å². The number of nitro groups is 2. The van der Waals surface area contributed by atoms with Crippen LogP contribution in [0.1, 0.15) is 90.2 Å². The van der Waals surface area contributed by atoms with Gasteiger partial charge in [-0.2, -0.15) is 0 Å². The van der Waals surface area contributed by atoms with E-state index in [2.05, 4.69) is 31.9 Å². The van der Waals surface area contributed by atoms with Crippen LogP contribution in [-0.2, 0) is 17.6 Å². The van der Waals surface area contributed by atoms with Crippen molar-refractivity contribution in [2.24, 2.45) is 11.8 Å². The first-order valence-electron chi connectivity index (χ1n) is 15.2. The summed E-state index contributed by atoms with van der Waals surface area (Å²) in [6, 6.07) is 4.68. The third-order valence-electron chi connectivity index (χ3n) is 8.48. The summed E-state index contributed by atoms with van der Waals surface area (Å²) in [6.07, 6.45) is 5.58. The highest BCUT2D eigenvalue weighted by molar-refractivity contribution is 9.10. The van der Waals surface area contributed by atoms with Crippen LogP contribution in [-0.4, -0.2) is 44.5 Å². The van der Waals surface area contributed by atoms with Gasteiger partial charge in [-0.05, 0) is 122 Å². The lowest BCUT2D eigenvalue weighted by molar-refractivity contribution is -0.385. The molecule has 2 N–H and O–H groups in total. The zero-order valence-electron chi connectivity index (χ0n) is 26.3. The number of halogens is 4. The summed E-state index contributed by atoms with van der Waals surface area (Å²) in [5.74, 6) is -1.83. The number of nitrogens with zero attached hydrogens (tertiary/aromatic N) is 2. The summed E-state index contributed by atoms with van der Waals surface area (Å²) < 4.78 is 36.1. The Labute approximate surface area is 280 Å². The lowest BCUT2D eigenvalue weighted by Gasteiger charge is -2.45. The topological polar surface area (TPSA) is 136 Å². The minimum absolute atomic E-state index is 0.00315. The second-order valence-electron chi connectivity index (χ2n) is 12.6. The summed E-state index contributed by atoms with van der Waals surface area (Å²) in [4.78, 5) is 22.7. The van der Waals surface area contributed by atoms with Crippen molar-refractivity contribution in [3.63, 3.8) is 0 Å². The molecule has 0 aromatic heterocycles. The Morgan fingerprint density at radius 2 is 1.07 bits per heavy atom. The number of aliphatic hydroxyl groups excluding tert-OH is 2. The van der Waals surface area contributed by atoms with Crippen molar-refractivity contribution in [1.82, 2.24) is 0 Å². The molecule has 0 fully saturated rings. The van der Waals surface area contributed by atoms with Gasteiger partial charge in [0.15, 0.2) is 0 Å². The number of unbranched alkanes of at least 4 members (excludes halogenated alkanes) is 4. The van der Waals surface area contributed by atoms with Gasteiger partial charge in [0.2, 0.25) is 0 Å². The van der Waals surface area contributed by atoms with E-state index in [1.165, 1.54) is 12.1 Å². The molecular formula is C32H44Br2F2N2O7. The van der Waals surface area contributed by atoms with Crippen LogP contribution in [0.25, 0.3) is 0 Å². The van der Waals surface area contributed by atoms with Crippen LogP contribution in [0.4, 0.5) is 20.2 Å². The van der Waals surface area contributed by atoms with Gasteiger partial charge in [-0.1, -0.05) is 25.7 Å². The second kappa shape index (κ2) is 17.7. The van der Waals surface area contributed by atoms with Gasteiger partial charge >= 0.3 is 0 Å². The van der Waals surface area contributed by atoms with Crippen LogP contribution in [0.2, 0.25) is 0 Å². The van der Waals surface area contributed by atoms with Gasteiger partial charge in [-0.3, -0.25) is 20.2 Å². The Hall–Kier alpha value is -2.06. The fraction of sp³-hybridized carbons (Fsp3) is 0.625. The third kappa shape index (κ3) is 11.6. The first kappa shape index (κ1) is 39.1. The largest absolute Gasteiger partial charge is 0.396 e. The number of ether oxygens (including phenoxy) is 1. The molecule has 45 heavy (non-hydrogen) atoms. The van der Waals surface area contributed by atoms with Gasteiger partial charge in [0.05, 0.1) is 30.0 Å². The van der Waals surface area contributed by atoms with Gasteiger partial charge in [0.1, 0.15) is 11.6 Å². The molecule has 0 aliphatic carbocycles. The summed E-state index contributed by atoms with van der Waals surface area (Å²) >= 11 is 6.08. The minimum Gasteiger partial charge on any atom is -0.396 e. The summed E-state index contributed by atoms with van der Waals surface area (Å²) in [6.45, 7) is 7.63. The Morgan fingerprint density at radius 3 is 1.38 bits per heavy atom. The zero-order chi connectivity index (χ0) is 33.9. The first-order chi connectivity index (χ1) is 21.0. The maximum Gasteiger partial charge on any atom is 0.273 e. The molecule has 0 radical (unpaired) electrons. The number of aliphatic hydroxyl groups is 2. The van der Waals surface area contributed by atoms with Gasteiger partial charge in [-0.15, -0.1) is 0 Å². The van der Waals surface area contributed by atoms with E-state index in [0.29, 0.717) is 38.5 Å². The van der Waals surface area contributed by atoms with Crippen LogP contribution < -0.4 is 0 Å². The van der Waals surface area contributed by atoms with Gasteiger partial charge in [0.25, 0.3) is 11.4 Å². The van der Waals surface area contributed by atoms with E-state index in [1.807, 2.05) is 27.7 Å². The van der Waals surface area contributed by atoms with Gasteiger partial charge in [-0.25, -0.2) is 8.78 Å². The summed E-state index contributed by atoms with van der Waals surface area (Å²) in [5.41, 5.74) is -1.73. The maximum atomic E-state index is 14.6. The molecule has 0 saturated heterocycles. The van der Waals surface area contributed by atoms with E-state index < -0.39 is 32.7 Å². The quantitative estimate of drug-likeness (QED) is 0.0780. The predicted molar refractivity (Wildman–Crippen MR) is 176 cm³/mol. The molecule has 0 amide bonds. The highest BCUT2D eigenvalue weighted by Crippen LogP contribution is 2.41. The molecule has 0 bridgehead atoms. The number of rotatable bonds is 20. The molecular weight excluding hydrogens is 722 g/mol. The Morgan fingerprint density at radius 1 is 0.711 bits per heavy atom. The SMILES string of the molecule is CC(C)(OC(C)(C)C(CCCCCO)Cc1cc(F)c(Br)cc1[N+](=O)[O-])C(CCCCCO)Cc1cc(F)c(Br)cc1[N+](=O)[O-]. The maximum absolute atomic E-state index is 14.6. The normalized spacial score (nSPS) is 13.6. The molecule has 252 valence electrons. The molecule has 2 aromatic rings. The highest BCUT2D eigenvalue weighted by atomic mass is 79.9. The molecule has 2 unspecified atom stereocenters. The zero-order valence-corrected chi connectivity index (χ0v) is 29.5. The van der Waals surface area contributed by atoms with Gasteiger partial charge in [0, 0.05) is 36.5 Å². The highest BCUT2D eigenvalue weighted by Gasteiger charge is 2.41. The molecule has 13 heteroatoms. The van der Waals surface area contributed by atoms with Crippen molar-refractivity contribution >= 4 is 43.2 Å². The fourth-order valence-electron chi connectivity index (χ4n) is 5.95. The van der Waals surface area contributed by atoms with E-state index in [1.54, 1.807) is 0 Å². The van der Waals surface area contributed by atoms with E-state index in [0.717, 1.165) is 25.0 Å². The van der Waals surface area contributed by atoms with Crippen molar-refractivity contribution in [1.29, 1.82) is 0 Å². The van der Waals surface area contributed by atoms with Crippen LogP contribution in [0, 0.1) is 43.7 Å². The van der Waals surface area contributed by atoms with Crippen LogP contribution in [0.3, 0.4) is 0 Å². The van der Waals surface area contributed by atoms with E-state index in [9.17, 15) is 39.2 Å². The smallest absolute Gasteiger partial charge is 0.273 e. The number of nitro benzene ring substituents is 2. The van der Waals surface area contributed by atoms with Crippen molar-refractivity contribution in [2.75, 3.05) is 13.2 Å². The molecule has 0 aliphatic rings. The molecule has 0 aliphatic heterocycles. The van der Waals surface area contributed by atoms with E-state index >= 15 is 0 Å². The lowest BCUT2D eigenvalue weighted by Crippen LogP contribution is -2.47. The van der Waals surface area contributed by atoms with Crippen molar-refractivity contribution < 1.29 is 33.6 Å². The monoisotopic (exact) mass is 764 g/mol. The number of hydrogen-bond donors (Lipinski definition) is 2. The molecule has 0 saturated carbocycles. The molecule has 2 rings (SSSR count). The lowest BCUT2D eigenvalue weighted by atomic mass is 9.77. The van der Waals surface area contributed by atoms with Crippen LogP contribution >= 0.6 is 31.9 Å². The van der Waals surface area contributed by atoms with Crippen molar-refractivity contribution in [3.8, 4) is 0 Å². The third-order valence-corrected chi connectivity index (χ3v) is 9.70. The predicted octanol–water partition coefficient (Wildman–Crippen LogP) is 9.00. The Balaban J connectivity index is 2.49. The average molecular weight is 767 g/mol. The van der Waals surface area contributed by atoms with Gasteiger partial charge < -0.3 is 14.9 Å². The van der Waals surface area contributed by atoms with Crippen molar-refractivity contribution in [2.45, 2.75) is 103 Å². The Kier molecular flexibility index (Phi) is 15.4. The fourth-order valence-corrected chi connectivity index (χ4v) is 6.61. The first-order valence-corrected chi connectivity index (χ1v) is 16.8. The minimum atomic E-state index is -0.902. The number of benzene rings is 2. The molecule has 2 atom stereocenters. The summed E-state index contributed by atoms with van der Waals surface area (Å²) in [5, 5.41) is 42.3. The number of hydrogen-bond acceptors (Lipinski definition) is 7. The van der Waals surface area contributed by atoms with E-state index in [4.69, 9.17) is 4.74 Å². The van der Waals surface area contributed by atoms with Crippen LogP contribution in [0.15, 0.2) is 33.2 Å². The molecule has 9 nitrogen and oxygen atoms in total. The molecule has 2 aromatic carbocycles. The Bertz CT molecular complexity index is 1210. The summed E-state index contributed by atoms with van der Waals surface area (Å²) in [7, 11) is 0. The standard InChI is InChI=1S/C32H44Br2F2N2O7/c1-31(2,23(11-7-5-9-13-39)15-21-17-27(35)25(33)19-29(21)37(41)42)45-32(3,4)24(12-8-6-10-14-40)16-22-18-28(36)26(34)20-30(22)38(43)44/h17-20,23-24,39-40H,5-16H2,1-4H3. The van der Waals surface area contributed by atoms with Crippen molar-refractivity contribution in [3.05, 3.63) is 76.2 Å².